The average Bonchev–Trinajstić information content (AvgIpc) is 2.56. The third-order valence-corrected chi connectivity index (χ3v) is 6.60. The van der Waals surface area contributed by atoms with E-state index in [-0.39, 0.29) is 20.4 Å². The maximum absolute atomic E-state index is 12.9. The minimum absolute atomic E-state index is 0.125. The summed E-state index contributed by atoms with van der Waals surface area (Å²) in [7, 11) is 6.19. The van der Waals surface area contributed by atoms with Gasteiger partial charge in [-0.05, 0) is 21.4 Å². The average molecular weight is 377 g/mol. The molecule has 0 aliphatic heterocycles. The molecule has 0 fully saturated rings. The second-order valence-corrected chi connectivity index (χ2v) is 11.6. The summed E-state index contributed by atoms with van der Waals surface area (Å²) in [4.78, 5) is 3.76. The first-order valence-corrected chi connectivity index (χ1v) is 10.3. The quantitative estimate of drug-likeness (QED) is 0.855. The molecular weight excluding hydrogens is 368 g/mol. The predicted octanol–water partition coefficient (Wildman–Crippen LogP) is 3.41. The van der Waals surface area contributed by atoms with Crippen LogP contribution in [0.15, 0.2) is 4.21 Å². The second-order valence-electron chi connectivity index (χ2n) is 3.21. The van der Waals surface area contributed by atoms with Gasteiger partial charge < -0.3 is 5.32 Å². The van der Waals surface area contributed by atoms with Crippen molar-refractivity contribution in [3.63, 3.8) is 0 Å². The number of anilines is 1. The minimum Gasteiger partial charge on any atom is -0.349 e. The molecule has 1 heterocycles. The molecule has 0 saturated carbocycles. The molecule has 1 N–H and O–H groups in total. The van der Waals surface area contributed by atoms with Gasteiger partial charge in [0, 0.05) is 14.1 Å². The molecule has 0 atom stereocenters. The molecule has 0 bridgehead atoms. The summed E-state index contributed by atoms with van der Waals surface area (Å²) in [6.07, 6.45) is 0. The van der Waals surface area contributed by atoms with E-state index in [2.05, 4.69) is 10.3 Å². The monoisotopic (exact) mass is 375 g/mol. The summed E-state index contributed by atoms with van der Waals surface area (Å²) in [6.45, 7) is 0. The molecule has 0 radical (unpaired) electrons. The van der Waals surface area contributed by atoms with Crippen molar-refractivity contribution in [2.24, 2.45) is 0 Å². The van der Waals surface area contributed by atoms with E-state index in [1.54, 1.807) is 0 Å². The summed E-state index contributed by atoms with van der Waals surface area (Å²) < 4.78 is 37.5. The number of hydrogen-bond donors (Lipinski definition) is 1. The zero-order valence-electron chi connectivity index (χ0n) is 9.15. The maximum atomic E-state index is 12.9. The minimum atomic E-state index is -3.68. The number of nitrogens with zero attached hydrogens (tertiary/aromatic N) is 2. The molecule has 12 heteroatoms. The van der Waals surface area contributed by atoms with Crippen LogP contribution >= 0.6 is 53.1 Å². The van der Waals surface area contributed by atoms with Gasteiger partial charge in [0.25, 0.3) is 10.0 Å². The summed E-state index contributed by atoms with van der Waals surface area (Å²) in [5, 5.41) is 2.45. The number of nitrogens with one attached hydrogen (secondary N) is 1. The molecule has 1 aromatic rings. The van der Waals surface area contributed by atoms with Gasteiger partial charge in [-0.2, -0.15) is 3.89 Å². The number of sulfonamides is 1. The second kappa shape index (κ2) is 5.86. The van der Waals surface area contributed by atoms with Crippen molar-refractivity contribution < 1.29 is 12.3 Å². The van der Waals surface area contributed by atoms with Crippen LogP contribution in [-0.4, -0.2) is 37.7 Å². The largest absolute Gasteiger partial charge is 0.349 e. The Morgan fingerprint density at radius 3 is 2.44 bits per heavy atom. The van der Waals surface area contributed by atoms with Crippen molar-refractivity contribution >= 4 is 68.3 Å². The van der Waals surface area contributed by atoms with Gasteiger partial charge >= 0.3 is 0 Å². The lowest BCUT2D eigenvalue weighted by molar-refractivity contribution is 0.523. The Labute approximate surface area is 124 Å². The van der Waals surface area contributed by atoms with Gasteiger partial charge in [-0.1, -0.05) is 22.9 Å². The van der Waals surface area contributed by atoms with Crippen LogP contribution in [0.4, 0.5) is 9.02 Å². The standard InChI is InChI=1S/C6H9Cl3FN3O2S3/c1-13(2)18(14,15)5-4(7)12-6(16-5)11-3-17(8,9)10/h3H2,1-2H3,(H,11,12). The number of hydrogen-bond acceptors (Lipinski definition) is 5. The van der Waals surface area contributed by atoms with Gasteiger partial charge in [-0.25, -0.2) is 17.7 Å². The number of rotatable bonds is 5. The van der Waals surface area contributed by atoms with E-state index in [0.717, 1.165) is 15.6 Å². The molecular formula is C6H9Cl3FN3O2S3. The van der Waals surface area contributed by atoms with E-state index >= 15 is 0 Å². The van der Waals surface area contributed by atoms with E-state index in [4.69, 9.17) is 33.0 Å². The van der Waals surface area contributed by atoms with Crippen molar-refractivity contribution in [1.82, 2.24) is 9.29 Å². The van der Waals surface area contributed by atoms with Crippen LogP contribution in [0, 0.1) is 0 Å². The molecule has 5 nitrogen and oxygen atoms in total. The molecule has 0 spiro atoms. The lowest BCUT2D eigenvalue weighted by atomic mass is 11.0. The first-order valence-electron chi connectivity index (χ1n) is 4.26. The fourth-order valence-electron chi connectivity index (χ4n) is 0.832. The van der Waals surface area contributed by atoms with Crippen LogP contribution in [0.3, 0.4) is 0 Å². The van der Waals surface area contributed by atoms with Crippen molar-refractivity contribution in [1.29, 1.82) is 0 Å². The van der Waals surface area contributed by atoms with Crippen LogP contribution < -0.4 is 5.32 Å². The Morgan fingerprint density at radius 1 is 1.44 bits per heavy atom. The predicted molar refractivity (Wildman–Crippen MR) is 76.9 cm³/mol. The highest BCUT2D eigenvalue weighted by molar-refractivity contribution is 8.62. The normalized spacial score (nSPS) is 13.9. The van der Waals surface area contributed by atoms with E-state index in [9.17, 15) is 12.3 Å². The Balaban J connectivity index is 2.96. The number of halogens is 4. The smallest absolute Gasteiger partial charge is 0.255 e. The van der Waals surface area contributed by atoms with Gasteiger partial charge in [0.15, 0.2) is 14.5 Å². The zero-order valence-corrected chi connectivity index (χ0v) is 13.9. The highest BCUT2D eigenvalue weighted by atomic mass is 36.0. The Kier molecular flexibility index (Phi) is 5.39. The molecule has 0 unspecified atom stereocenters. The van der Waals surface area contributed by atoms with E-state index in [1.165, 1.54) is 14.1 Å². The topological polar surface area (TPSA) is 62.3 Å². The van der Waals surface area contributed by atoms with E-state index in [0.29, 0.717) is 0 Å². The summed E-state index contributed by atoms with van der Waals surface area (Å²) in [5.74, 6) is -0.360. The third-order valence-electron chi connectivity index (χ3n) is 1.66. The Bertz CT molecular complexity index is 528. The van der Waals surface area contributed by atoms with Crippen molar-refractivity contribution in [2.75, 3.05) is 25.3 Å². The van der Waals surface area contributed by atoms with Crippen LogP contribution in [0.1, 0.15) is 0 Å². The van der Waals surface area contributed by atoms with Crippen LogP contribution in [0.25, 0.3) is 0 Å². The third kappa shape index (κ3) is 4.26. The van der Waals surface area contributed by atoms with E-state index in [1.807, 2.05) is 0 Å². The summed E-state index contributed by atoms with van der Waals surface area (Å²) in [5.41, 5.74) is 0. The highest BCUT2D eigenvalue weighted by Gasteiger charge is 2.26. The first-order chi connectivity index (χ1) is 8.04. The Morgan fingerprint density at radius 2 is 2.00 bits per heavy atom. The molecule has 0 aliphatic carbocycles. The molecule has 0 saturated heterocycles. The molecule has 1 aromatic heterocycles. The van der Waals surface area contributed by atoms with Gasteiger partial charge in [0.2, 0.25) is 0 Å². The van der Waals surface area contributed by atoms with Gasteiger partial charge in [-0.3, -0.25) is 0 Å². The maximum Gasteiger partial charge on any atom is 0.255 e. The van der Waals surface area contributed by atoms with Crippen LogP contribution in [0.2, 0.25) is 5.15 Å². The molecule has 0 aromatic carbocycles. The lowest BCUT2D eigenvalue weighted by Gasteiger charge is -2.12. The summed E-state index contributed by atoms with van der Waals surface area (Å²) in [6, 6.07) is 0. The Hall–Kier alpha value is 0.490. The molecule has 18 heavy (non-hydrogen) atoms. The van der Waals surface area contributed by atoms with Gasteiger partial charge in [-0.15, -0.1) is 0 Å². The SMILES string of the molecule is CN(C)S(=O)(=O)c1sc(NCS(F)(Cl)Cl)nc1Cl. The molecule has 106 valence electrons. The van der Waals surface area contributed by atoms with Crippen LogP contribution in [-0.2, 0) is 10.0 Å². The van der Waals surface area contributed by atoms with Crippen molar-refractivity contribution in [3.05, 3.63) is 5.15 Å². The fraction of sp³-hybridized carbons (Fsp3) is 0.500. The fourth-order valence-corrected chi connectivity index (χ4v) is 4.38. The lowest BCUT2D eigenvalue weighted by Crippen LogP contribution is -2.21. The highest BCUT2D eigenvalue weighted by Crippen LogP contribution is 2.59. The van der Waals surface area contributed by atoms with Crippen molar-refractivity contribution in [3.8, 4) is 0 Å². The van der Waals surface area contributed by atoms with Gasteiger partial charge in [0.1, 0.15) is 5.88 Å². The van der Waals surface area contributed by atoms with E-state index < -0.39 is 18.9 Å². The molecule has 1 rings (SSSR count). The summed E-state index contributed by atoms with van der Waals surface area (Å²) >= 11 is 6.51. The number of aromatic nitrogens is 1. The molecule has 0 aliphatic rings. The van der Waals surface area contributed by atoms with Crippen molar-refractivity contribution in [2.45, 2.75) is 4.21 Å². The molecule has 0 amide bonds. The number of thiazole rings is 1. The van der Waals surface area contributed by atoms with Crippen LogP contribution in [0.5, 0.6) is 0 Å². The zero-order chi connectivity index (χ0) is 14.1. The first kappa shape index (κ1) is 16.5. The van der Waals surface area contributed by atoms with Gasteiger partial charge in [0.05, 0.1) is 8.84 Å².